The van der Waals surface area contributed by atoms with Crippen molar-refractivity contribution < 1.29 is 22.3 Å². The first-order chi connectivity index (χ1) is 11.3. The van der Waals surface area contributed by atoms with Crippen molar-refractivity contribution in [3.05, 3.63) is 65.5 Å². The second-order valence-corrected chi connectivity index (χ2v) is 4.16. The van der Waals surface area contributed by atoms with Gasteiger partial charge in [0.2, 0.25) is 0 Å². The van der Waals surface area contributed by atoms with Gasteiger partial charge in [0.15, 0.2) is 0 Å². The summed E-state index contributed by atoms with van der Waals surface area (Å²) in [7, 11) is 0. The van der Waals surface area contributed by atoms with Crippen LogP contribution in [0.1, 0.15) is 38.8 Å². The molecule has 0 radical (unpaired) electrons. The van der Waals surface area contributed by atoms with Crippen LogP contribution in [0.2, 0.25) is 0 Å². The molecule has 1 nitrogen and oxygen atoms in total. The van der Waals surface area contributed by atoms with E-state index >= 15 is 0 Å². The number of benzene rings is 2. The van der Waals surface area contributed by atoms with Crippen LogP contribution in [0, 0.1) is 19.7 Å². The zero-order chi connectivity index (χ0) is 19.2. The third-order valence-electron chi connectivity index (χ3n) is 2.27. The Morgan fingerprint density at radius 2 is 1.00 bits per heavy atom. The van der Waals surface area contributed by atoms with Gasteiger partial charge in [-0.2, -0.15) is 0 Å². The summed E-state index contributed by atoms with van der Waals surface area (Å²) >= 11 is 0. The zero-order valence-corrected chi connectivity index (χ0v) is 15.0. The summed E-state index contributed by atoms with van der Waals surface area (Å²) in [5.41, 5.74) is 1.98. The molecule has 2 aromatic carbocycles. The van der Waals surface area contributed by atoms with Crippen LogP contribution in [0.25, 0.3) is 0 Å². The standard InChI is InChI=1S/C8H7F3O.C7H7F.2C2H6/c1-6-2-4-7(5-3-6)12-8(9,10)11;1-6-2-4-7(8)5-3-6;2*1-2/h2-5H,1H3;2-5H,1H3;2*1-2H3. The van der Waals surface area contributed by atoms with Gasteiger partial charge in [-0.25, -0.2) is 4.39 Å². The summed E-state index contributed by atoms with van der Waals surface area (Å²) in [5.74, 6) is -0.358. The van der Waals surface area contributed by atoms with Crippen molar-refractivity contribution in [2.24, 2.45) is 0 Å². The van der Waals surface area contributed by atoms with Gasteiger partial charge in [0, 0.05) is 0 Å². The third-order valence-corrected chi connectivity index (χ3v) is 2.27. The van der Waals surface area contributed by atoms with Crippen molar-refractivity contribution in [2.45, 2.75) is 47.9 Å². The molecule has 0 aliphatic rings. The van der Waals surface area contributed by atoms with E-state index in [1.54, 1.807) is 31.2 Å². The van der Waals surface area contributed by atoms with E-state index in [-0.39, 0.29) is 11.6 Å². The second kappa shape index (κ2) is 13.4. The van der Waals surface area contributed by atoms with Crippen molar-refractivity contribution in [1.29, 1.82) is 0 Å². The molecule has 2 aromatic rings. The molecule has 2 rings (SSSR count). The Balaban J connectivity index is 0. The van der Waals surface area contributed by atoms with Crippen LogP contribution >= 0.6 is 0 Å². The number of alkyl halides is 3. The summed E-state index contributed by atoms with van der Waals surface area (Å²) in [6, 6.07) is 12.1. The average Bonchev–Trinajstić information content (AvgIpc) is 2.56. The molecule has 0 fully saturated rings. The van der Waals surface area contributed by atoms with Crippen LogP contribution in [0.15, 0.2) is 48.5 Å². The SMILES string of the molecule is CC.CC.Cc1ccc(F)cc1.Cc1ccc(OC(F)(F)F)cc1. The summed E-state index contributed by atoms with van der Waals surface area (Å²) < 4.78 is 50.6. The van der Waals surface area contributed by atoms with Crippen LogP contribution in [0.5, 0.6) is 5.75 Å². The van der Waals surface area contributed by atoms with E-state index in [0.717, 1.165) is 11.1 Å². The summed E-state index contributed by atoms with van der Waals surface area (Å²) in [6.45, 7) is 11.7. The molecule has 5 heteroatoms. The zero-order valence-electron chi connectivity index (χ0n) is 15.0. The molecule has 0 amide bonds. The van der Waals surface area contributed by atoms with E-state index in [4.69, 9.17) is 0 Å². The van der Waals surface area contributed by atoms with Gasteiger partial charge in [0.25, 0.3) is 0 Å². The van der Waals surface area contributed by atoms with Gasteiger partial charge in [-0.1, -0.05) is 63.1 Å². The molecule has 0 N–H and O–H groups in total. The maximum Gasteiger partial charge on any atom is 0.573 e. The molecule has 0 atom stereocenters. The molecule has 0 aliphatic heterocycles. The van der Waals surface area contributed by atoms with E-state index < -0.39 is 6.36 Å². The van der Waals surface area contributed by atoms with Crippen molar-refractivity contribution >= 4 is 0 Å². The van der Waals surface area contributed by atoms with Gasteiger partial charge in [0.1, 0.15) is 11.6 Å². The predicted octanol–water partition coefficient (Wildman–Crippen LogP) is 7.08. The molecule has 136 valence electrons. The molecule has 0 aromatic heterocycles. The minimum absolute atomic E-state index is 0.171. The maximum absolute atomic E-state index is 12.1. The Bertz CT molecular complexity index is 496. The number of ether oxygens (including phenoxy) is 1. The molecule has 0 unspecified atom stereocenters. The minimum atomic E-state index is -4.60. The van der Waals surface area contributed by atoms with E-state index in [1.165, 1.54) is 24.3 Å². The lowest BCUT2D eigenvalue weighted by Crippen LogP contribution is -2.16. The van der Waals surface area contributed by atoms with Crippen LogP contribution in [0.3, 0.4) is 0 Å². The Hall–Kier alpha value is -2.04. The Morgan fingerprint density at radius 1 is 0.667 bits per heavy atom. The first kappa shape index (κ1) is 24.2. The van der Waals surface area contributed by atoms with Gasteiger partial charge in [-0.15, -0.1) is 13.2 Å². The van der Waals surface area contributed by atoms with Crippen LogP contribution in [-0.2, 0) is 0 Å². The van der Waals surface area contributed by atoms with Gasteiger partial charge in [0.05, 0.1) is 0 Å². The lowest BCUT2D eigenvalue weighted by Gasteiger charge is -2.08. The van der Waals surface area contributed by atoms with E-state index in [1.807, 2.05) is 34.6 Å². The fourth-order valence-corrected chi connectivity index (χ4v) is 1.27. The van der Waals surface area contributed by atoms with E-state index in [9.17, 15) is 17.6 Å². The summed E-state index contributed by atoms with van der Waals surface area (Å²) in [5, 5.41) is 0. The van der Waals surface area contributed by atoms with Crippen LogP contribution in [-0.4, -0.2) is 6.36 Å². The number of rotatable bonds is 1. The molecule has 0 spiro atoms. The van der Waals surface area contributed by atoms with Gasteiger partial charge in [-0.05, 0) is 38.1 Å². The topological polar surface area (TPSA) is 9.23 Å². The van der Waals surface area contributed by atoms with Crippen LogP contribution < -0.4 is 4.74 Å². The fraction of sp³-hybridized carbons (Fsp3) is 0.368. The van der Waals surface area contributed by atoms with Gasteiger partial charge < -0.3 is 4.74 Å². The molecule has 24 heavy (non-hydrogen) atoms. The van der Waals surface area contributed by atoms with Gasteiger partial charge in [-0.3, -0.25) is 0 Å². The first-order valence-electron chi connectivity index (χ1n) is 7.81. The molecular formula is C19H26F4O. The van der Waals surface area contributed by atoms with E-state index in [2.05, 4.69) is 4.74 Å². The highest BCUT2D eigenvalue weighted by Crippen LogP contribution is 2.22. The molecule has 0 heterocycles. The number of aryl methyl sites for hydroxylation is 2. The lowest BCUT2D eigenvalue weighted by atomic mass is 10.2. The molecule has 0 bridgehead atoms. The number of halogens is 4. The maximum atomic E-state index is 12.1. The second-order valence-electron chi connectivity index (χ2n) is 4.16. The largest absolute Gasteiger partial charge is 0.573 e. The number of hydrogen-bond acceptors (Lipinski definition) is 1. The average molecular weight is 346 g/mol. The normalized spacial score (nSPS) is 9.25. The van der Waals surface area contributed by atoms with E-state index in [0.29, 0.717) is 0 Å². The van der Waals surface area contributed by atoms with Gasteiger partial charge >= 0.3 is 6.36 Å². The quantitative estimate of drug-likeness (QED) is 0.501. The van der Waals surface area contributed by atoms with Crippen molar-refractivity contribution in [2.75, 3.05) is 0 Å². The highest BCUT2D eigenvalue weighted by molar-refractivity contribution is 5.26. The number of hydrogen-bond donors (Lipinski definition) is 0. The Morgan fingerprint density at radius 3 is 1.29 bits per heavy atom. The minimum Gasteiger partial charge on any atom is -0.406 e. The van der Waals surface area contributed by atoms with Crippen molar-refractivity contribution in [1.82, 2.24) is 0 Å². The third kappa shape index (κ3) is 13.6. The Labute approximate surface area is 142 Å². The van der Waals surface area contributed by atoms with Crippen LogP contribution in [0.4, 0.5) is 17.6 Å². The lowest BCUT2D eigenvalue weighted by molar-refractivity contribution is -0.274. The molecule has 0 saturated heterocycles. The fourth-order valence-electron chi connectivity index (χ4n) is 1.27. The summed E-state index contributed by atoms with van der Waals surface area (Å²) in [6.07, 6.45) is -4.60. The van der Waals surface area contributed by atoms with Crippen molar-refractivity contribution in [3.8, 4) is 5.75 Å². The predicted molar refractivity (Wildman–Crippen MR) is 91.7 cm³/mol. The molecule has 0 aliphatic carbocycles. The van der Waals surface area contributed by atoms with Crippen molar-refractivity contribution in [3.63, 3.8) is 0 Å². The monoisotopic (exact) mass is 346 g/mol. The summed E-state index contributed by atoms with van der Waals surface area (Å²) in [4.78, 5) is 0. The Kier molecular flexibility index (Phi) is 13.5. The molecule has 0 saturated carbocycles. The highest BCUT2D eigenvalue weighted by Gasteiger charge is 2.30. The highest BCUT2D eigenvalue weighted by atomic mass is 19.4. The first-order valence-corrected chi connectivity index (χ1v) is 7.81. The molecular weight excluding hydrogens is 320 g/mol. The smallest absolute Gasteiger partial charge is 0.406 e.